The van der Waals surface area contributed by atoms with E-state index in [0.717, 1.165) is 49.0 Å². The number of hydrogen-bond donors (Lipinski definition) is 1. The van der Waals surface area contributed by atoms with Gasteiger partial charge in [0.15, 0.2) is 0 Å². The zero-order valence-corrected chi connectivity index (χ0v) is 14.0. The summed E-state index contributed by atoms with van der Waals surface area (Å²) in [6.45, 7) is 3.28. The monoisotopic (exact) mass is 320 g/mol. The number of anilines is 2. The quantitative estimate of drug-likeness (QED) is 0.936. The topological polar surface area (TPSA) is 41.0 Å². The predicted octanol–water partition coefficient (Wildman–Crippen LogP) is 3.46. The minimum atomic E-state index is 0.772. The number of fused-ring (bicyclic) bond motifs is 3. The van der Waals surface area contributed by atoms with Gasteiger partial charge in [0.2, 0.25) is 0 Å². The first-order chi connectivity index (χ1) is 11.9. The summed E-state index contributed by atoms with van der Waals surface area (Å²) in [6, 6.07) is 11.1. The number of aromatic nitrogens is 2. The molecule has 1 saturated heterocycles. The summed E-state index contributed by atoms with van der Waals surface area (Å²) < 4.78 is 0. The van der Waals surface area contributed by atoms with E-state index in [2.05, 4.69) is 50.5 Å². The van der Waals surface area contributed by atoms with Crippen molar-refractivity contribution < 1.29 is 0 Å². The predicted molar refractivity (Wildman–Crippen MR) is 96.5 cm³/mol. The third kappa shape index (κ3) is 2.45. The summed E-state index contributed by atoms with van der Waals surface area (Å²) >= 11 is 0. The first kappa shape index (κ1) is 14.3. The van der Waals surface area contributed by atoms with Gasteiger partial charge in [-0.3, -0.25) is 0 Å². The van der Waals surface area contributed by atoms with Crippen LogP contribution >= 0.6 is 0 Å². The second-order valence-electron chi connectivity index (χ2n) is 7.45. The van der Waals surface area contributed by atoms with Crippen molar-refractivity contribution >= 4 is 11.6 Å². The molecule has 3 atom stereocenters. The Morgan fingerprint density at radius 2 is 1.96 bits per heavy atom. The summed E-state index contributed by atoms with van der Waals surface area (Å²) in [7, 11) is 0. The molecule has 24 heavy (non-hydrogen) atoms. The van der Waals surface area contributed by atoms with Gasteiger partial charge >= 0.3 is 0 Å². The highest BCUT2D eigenvalue weighted by molar-refractivity contribution is 5.50. The number of rotatable bonds is 4. The van der Waals surface area contributed by atoms with Crippen molar-refractivity contribution in [3.05, 3.63) is 47.8 Å². The van der Waals surface area contributed by atoms with Crippen molar-refractivity contribution in [2.75, 3.05) is 29.9 Å². The molecule has 5 rings (SSSR count). The first-order valence-electron chi connectivity index (χ1n) is 9.29. The van der Waals surface area contributed by atoms with Crippen LogP contribution in [-0.2, 0) is 6.42 Å². The van der Waals surface area contributed by atoms with E-state index in [1.54, 1.807) is 17.5 Å². The molecule has 2 aromatic rings. The van der Waals surface area contributed by atoms with Crippen LogP contribution in [0.25, 0.3) is 0 Å². The van der Waals surface area contributed by atoms with E-state index in [0.29, 0.717) is 0 Å². The van der Waals surface area contributed by atoms with Crippen molar-refractivity contribution in [2.24, 2.45) is 11.8 Å². The molecule has 4 heteroatoms. The lowest BCUT2D eigenvalue weighted by molar-refractivity contribution is 0.573. The smallest absolute Gasteiger partial charge is 0.134 e. The van der Waals surface area contributed by atoms with Crippen LogP contribution in [0.3, 0.4) is 0 Å². The van der Waals surface area contributed by atoms with Crippen LogP contribution < -0.4 is 10.2 Å². The van der Waals surface area contributed by atoms with Crippen LogP contribution in [0.4, 0.5) is 11.6 Å². The Balaban J connectivity index is 1.23. The highest BCUT2D eigenvalue weighted by atomic mass is 15.2. The SMILES string of the molecule is c1ccc2c(c1)CC1C(CNc3cc(N4CCCCC4)ncn3)C21. The largest absolute Gasteiger partial charge is 0.370 e. The van der Waals surface area contributed by atoms with E-state index in [1.165, 1.54) is 25.7 Å². The lowest BCUT2D eigenvalue weighted by atomic mass is 10.0. The molecule has 1 saturated carbocycles. The van der Waals surface area contributed by atoms with Gasteiger partial charge in [-0.25, -0.2) is 9.97 Å². The van der Waals surface area contributed by atoms with E-state index in [9.17, 15) is 0 Å². The Bertz CT molecular complexity index is 738. The number of piperidine rings is 1. The average molecular weight is 320 g/mol. The molecule has 2 aliphatic carbocycles. The van der Waals surface area contributed by atoms with Gasteiger partial charge in [0.25, 0.3) is 0 Å². The van der Waals surface area contributed by atoms with Crippen LogP contribution in [-0.4, -0.2) is 29.6 Å². The second-order valence-corrected chi connectivity index (χ2v) is 7.45. The highest BCUT2D eigenvalue weighted by Crippen LogP contribution is 2.61. The van der Waals surface area contributed by atoms with Crippen molar-refractivity contribution in [1.82, 2.24) is 9.97 Å². The van der Waals surface area contributed by atoms with Gasteiger partial charge in [0, 0.05) is 25.7 Å². The van der Waals surface area contributed by atoms with Gasteiger partial charge < -0.3 is 10.2 Å². The molecule has 1 aliphatic heterocycles. The van der Waals surface area contributed by atoms with Gasteiger partial charge in [-0.15, -0.1) is 0 Å². The summed E-state index contributed by atoms with van der Waals surface area (Å²) in [5, 5.41) is 3.57. The standard InChI is InChI=1S/C20H24N4/c1-4-8-24(9-5-1)19-11-18(22-13-23-19)21-12-17-16-10-14-6-2-3-7-15(14)20(16)17/h2-3,6-7,11,13,16-17,20H,1,4-5,8-10,12H2,(H,21,22,23). The summed E-state index contributed by atoms with van der Waals surface area (Å²) in [6.07, 6.45) is 6.86. The van der Waals surface area contributed by atoms with E-state index >= 15 is 0 Å². The van der Waals surface area contributed by atoms with Crippen LogP contribution in [0.1, 0.15) is 36.3 Å². The Hall–Kier alpha value is -2.10. The van der Waals surface area contributed by atoms with Gasteiger partial charge in [-0.2, -0.15) is 0 Å². The van der Waals surface area contributed by atoms with E-state index in [4.69, 9.17) is 0 Å². The summed E-state index contributed by atoms with van der Waals surface area (Å²) in [4.78, 5) is 11.3. The molecule has 0 bridgehead atoms. The maximum atomic E-state index is 4.47. The van der Waals surface area contributed by atoms with Crippen molar-refractivity contribution in [1.29, 1.82) is 0 Å². The third-order valence-corrected chi connectivity index (χ3v) is 6.05. The van der Waals surface area contributed by atoms with Crippen molar-refractivity contribution in [2.45, 2.75) is 31.6 Å². The molecule has 0 amide bonds. The summed E-state index contributed by atoms with van der Waals surface area (Å²) in [5.74, 6) is 4.45. The van der Waals surface area contributed by atoms with Gasteiger partial charge in [0.05, 0.1) is 0 Å². The zero-order valence-electron chi connectivity index (χ0n) is 14.0. The van der Waals surface area contributed by atoms with E-state index in [-0.39, 0.29) is 0 Å². The molecule has 1 N–H and O–H groups in total. The fourth-order valence-electron chi connectivity index (χ4n) is 4.72. The normalized spacial score (nSPS) is 27.5. The molecular weight excluding hydrogens is 296 g/mol. The van der Waals surface area contributed by atoms with Gasteiger partial charge in [-0.05, 0) is 54.6 Å². The molecule has 124 valence electrons. The van der Waals surface area contributed by atoms with Crippen LogP contribution in [0.2, 0.25) is 0 Å². The molecule has 3 unspecified atom stereocenters. The zero-order chi connectivity index (χ0) is 15.9. The highest BCUT2D eigenvalue weighted by Gasteiger charge is 2.54. The Morgan fingerprint density at radius 1 is 1.08 bits per heavy atom. The maximum absolute atomic E-state index is 4.47. The van der Waals surface area contributed by atoms with Crippen molar-refractivity contribution in [3.8, 4) is 0 Å². The molecule has 2 fully saturated rings. The Morgan fingerprint density at radius 3 is 2.88 bits per heavy atom. The van der Waals surface area contributed by atoms with Crippen LogP contribution in [0.5, 0.6) is 0 Å². The minimum Gasteiger partial charge on any atom is -0.370 e. The molecule has 0 spiro atoms. The van der Waals surface area contributed by atoms with Crippen LogP contribution in [0.15, 0.2) is 36.7 Å². The van der Waals surface area contributed by atoms with Gasteiger partial charge in [-0.1, -0.05) is 24.3 Å². The number of benzene rings is 1. The molecule has 1 aromatic carbocycles. The fourth-order valence-corrected chi connectivity index (χ4v) is 4.72. The lowest BCUT2D eigenvalue weighted by Gasteiger charge is -2.27. The first-order valence-corrected chi connectivity index (χ1v) is 9.29. The second kappa shape index (κ2) is 5.76. The number of nitrogens with zero attached hydrogens (tertiary/aromatic N) is 3. The third-order valence-electron chi connectivity index (χ3n) is 6.05. The number of hydrogen-bond acceptors (Lipinski definition) is 4. The molecule has 4 nitrogen and oxygen atoms in total. The van der Waals surface area contributed by atoms with Gasteiger partial charge in [0.1, 0.15) is 18.0 Å². The molecule has 0 radical (unpaired) electrons. The fraction of sp³-hybridized carbons (Fsp3) is 0.500. The Labute approximate surface area is 143 Å². The minimum absolute atomic E-state index is 0.772. The number of nitrogens with one attached hydrogen (secondary N) is 1. The summed E-state index contributed by atoms with van der Waals surface area (Å²) in [5.41, 5.74) is 3.16. The average Bonchev–Trinajstić information content (AvgIpc) is 3.19. The lowest BCUT2D eigenvalue weighted by Crippen LogP contribution is -2.30. The maximum Gasteiger partial charge on any atom is 0.134 e. The van der Waals surface area contributed by atoms with E-state index < -0.39 is 0 Å². The molecular formula is C20H24N4. The van der Waals surface area contributed by atoms with Crippen molar-refractivity contribution in [3.63, 3.8) is 0 Å². The van der Waals surface area contributed by atoms with E-state index in [1.807, 2.05) is 0 Å². The molecule has 2 heterocycles. The Kier molecular flexibility index (Phi) is 3.42. The van der Waals surface area contributed by atoms with Crippen LogP contribution in [0, 0.1) is 11.8 Å². The molecule has 3 aliphatic rings. The molecule has 1 aromatic heterocycles.